The van der Waals surface area contributed by atoms with E-state index < -0.39 is 23.6 Å². The highest BCUT2D eigenvalue weighted by Gasteiger charge is 2.54. The highest BCUT2D eigenvalue weighted by Crippen LogP contribution is 2.56. The van der Waals surface area contributed by atoms with Crippen LogP contribution in [0, 0.1) is 11.8 Å². The lowest BCUT2D eigenvalue weighted by Gasteiger charge is -2.47. The molecule has 6 rings (SSSR count). The van der Waals surface area contributed by atoms with Crippen LogP contribution in [0.3, 0.4) is 0 Å². The first-order valence-electron chi connectivity index (χ1n) is 15.5. The molecule has 0 bridgehead atoms. The Labute approximate surface area is 261 Å². The first kappa shape index (κ1) is 30.8. The summed E-state index contributed by atoms with van der Waals surface area (Å²) in [4.78, 5) is 16.9. The van der Waals surface area contributed by atoms with Crippen LogP contribution < -0.4 is 10.1 Å². The molecule has 1 heterocycles. The number of pyridine rings is 1. The number of carbonyl (C=O) groups is 1. The summed E-state index contributed by atoms with van der Waals surface area (Å²) in [6.07, 6.45) is 2.34. The fraction of sp³-hybridized carbons (Fsp3) is 0.486. The molecule has 0 unspecified atom stereocenters. The third-order valence-electron chi connectivity index (χ3n) is 10.3. The minimum atomic E-state index is -4.34. The molecule has 1 aromatic heterocycles. The van der Waals surface area contributed by atoms with Crippen molar-refractivity contribution in [1.29, 1.82) is 0 Å². The largest absolute Gasteiger partial charge is 0.493 e. The first-order chi connectivity index (χ1) is 21.0. The van der Waals surface area contributed by atoms with Crippen LogP contribution >= 0.6 is 11.6 Å². The van der Waals surface area contributed by atoms with Crippen molar-refractivity contribution >= 4 is 23.3 Å². The molecular weight excluding hydrogens is 589 g/mol. The van der Waals surface area contributed by atoms with Crippen LogP contribution in [0.25, 0.3) is 0 Å². The van der Waals surface area contributed by atoms with E-state index in [4.69, 9.17) is 16.3 Å². The summed E-state index contributed by atoms with van der Waals surface area (Å²) in [6.45, 7) is 2.40. The van der Waals surface area contributed by atoms with E-state index in [9.17, 15) is 23.1 Å². The molecule has 3 atom stereocenters. The molecule has 0 radical (unpaired) electrons. The number of alkyl halides is 3. The summed E-state index contributed by atoms with van der Waals surface area (Å²) in [5.74, 6) is -1.77. The standard InChI is InChI=1S/C35H38ClF3N2O3/c1-22(21-44-30-12-17-40-29-11-5-10-28(31(29)30)35(37,38)39)18-24-19-23-6-2-3-9-27(23)33(24)13-15-34(16-14-33,32(42)43)41-26-8-4-7-25(36)20-26/h2-4,6-9,12,17,20,22,24,28,41H,5,10-11,13-16,18-19,21H2,1H3,(H,42,43)/t22-,24+,28+,33?,34?/m1/s1. The van der Waals surface area contributed by atoms with E-state index in [2.05, 4.69) is 41.5 Å². The monoisotopic (exact) mass is 626 g/mol. The molecule has 2 N–H and O–H groups in total. The van der Waals surface area contributed by atoms with E-state index in [1.54, 1.807) is 24.4 Å². The van der Waals surface area contributed by atoms with Crippen LogP contribution in [-0.2, 0) is 23.1 Å². The number of aryl methyl sites for hydroxylation is 1. The number of hydrogen-bond donors (Lipinski definition) is 2. The Morgan fingerprint density at radius 1 is 1.14 bits per heavy atom. The highest BCUT2D eigenvalue weighted by molar-refractivity contribution is 6.30. The number of ether oxygens (including phenoxy) is 1. The topological polar surface area (TPSA) is 71.5 Å². The van der Waals surface area contributed by atoms with Gasteiger partial charge < -0.3 is 15.2 Å². The lowest BCUT2D eigenvalue weighted by atomic mass is 9.59. The lowest BCUT2D eigenvalue weighted by molar-refractivity contribution is -0.153. The molecule has 3 aliphatic rings. The number of fused-ring (bicyclic) bond motifs is 3. The molecule has 2 aromatic carbocycles. The van der Waals surface area contributed by atoms with Crippen molar-refractivity contribution in [2.45, 2.75) is 87.8 Å². The van der Waals surface area contributed by atoms with Crippen molar-refractivity contribution in [3.63, 3.8) is 0 Å². The maximum atomic E-state index is 13.9. The van der Waals surface area contributed by atoms with Crippen LogP contribution in [0.4, 0.5) is 18.9 Å². The van der Waals surface area contributed by atoms with Crippen LogP contribution in [0.1, 0.15) is 80.2 Å². The molecule has 3 aliphatic carbocycles. The number of benzene rings is 2. The third kappa shape index (κ3) is 5.78. The van der Waals surface area contributed by atoms with E-state index in [0.29, 0.717) is 67.3 Å². The summed E-state index contributed by atoms with van der Waals surface area (Å²) < 4.78 is 47.9. The van der Waals surface area contributed by atoms with E-state index in [1.165, 1.54) is 11.1 Å². The molecular formula is C35H38ClF3N2O3. The smallest absolute Gasteiger partial charge is 0.395 e. The molecule has 44 heavy (non-hydrogen) atoms. The molecule has 0 saturated heterocycles. The second-order valence-electron chi connectivity index (χ2n) is 13.0. The van der Waals surface area contributed by atoms with Crippen LogP contribution in [0.2, 0.25) is 5.02 Å². The van der Waals surface area contributed by atoms with E-state index >= 15 is 0 Å². The molecule has 0 amide bonds. The normalized spacial score (nSPS) is 26.9. The summed E-state index contributed by atoms with van der Waals surface area (Å²) in [6, 6.07) is 17.2. The van der Waals surface area contributed by atoms with Crippen LogP contribution in [0.15, 0.2) is 60.8 Å². The van der Waals surface area contributed by atoms with Crippen molar-refractivity contribution in [2.24, 2.45) is 11.8 Å². The number of nitrogens with zero attached hydrogens (tertiary/aromatic N) is 1. The van der Waals surface area contributed by atoms with Crippen molar-refractivity contribution in [2.75, 3.05) is 11.9 Å². The maximum Gasteiger partial charge on any atom is 0.395 e. The van der Waals surface area contributed by atoms with Gasteiger partial charge in [-0.2, -0.15) is 13.2 Å². The Kier molecular flexibility index (Phi) is 8.33. The van der Waals surface area contributed by atoms with Gasteiger partial charge in [0, 0.05) is 28.2 Å². The molecule has 5 nitrogen and oxygen atoms in total. The zero-order valence-electron chi connectivity index (χ0n) is 24.8. The van der Waals surface area contributed by atoms with Gasteiger partial charge in [-0.15, -0.1) is 0 Å². The average molecular weight is 627 g/mol. The number of carboxylic acid groups (broad SMARTS) is 1. The van der Waals surface area contributed by atoms with Gasteiger partial charge in [0.05, 0.1) is 12.5 Å². The number of anilines is 1. The number of aliphatic carboxylic acids is 1. The van der Waals surface area contributed by atoms with E-state index in [0.717, 1.165) is 12.8 Å². The Balaban J connectivity index is 1.19. The zero-order chi connectivity index (χ0) is 31.1. The number of hydrogen-bond acceptors (Lipinski definition) is 4. The molecule has 0 aliphatic heterocycles. The number of aromatic nitrogens is 1. The fourth-order valence-corrected chi connectivity index (χ4v) is 8.32. The maximum absolute atomic E-state index is 13.9. The Hall–Kier alpha value is -3.26. The van der Waals surface area contributed by atoms with Gasteiger partial charge in [0.25, 0.3) is 0 Å². The predicted octanol–water partition coefficient (Wildman–Crippen LogP) is 8.74. The summed E-state index contributed by atoms with van der Waals surface area (Å²) in [7, 11) is 0. The van der Waals surface area contributed by atoms with Gasteiger partial charge >= 0.3 is 12.1 Å². The van der Waals surface area contributed by atoms with Gasteiger partial charge in [0.2, 0.25) is 0 Å². The van der Waals surface area contributed by atoms with Crippen molar-refractivity contribution < 1.29 is 27.8 Å². The van der Waals surface area contributed by atoms with Crippen molar-refractivity contribution in [3.8, 4) is 5.75 Å². The Morgan fingerprint density at radius 3 is 2.64 bits per heavy atom. The van der Waals surface area contributed by atoms with Crippen molar-refractivity contribution in [1.82, 2.24) is 4.98 Å². The number of halogens is 4. The van der Waals surface area contributed by atoms with Crippen LogP contribution in [-0.4, -0.2) is 34.4 Å². The molecule has 1 spiro atoms. The van der Waals surface area contributed by atoms with Gasteiger partial charge in [0.15, 0.2) is 0 Å². The lowest BCUT2D eigenvalue weighted by Crippen LogP contribution is -2.53. The second kappa shape index (κ2) is 11.9. The molecule has 9 heteroatoms. The SMILES string of the molecule is C[C@@H](COc1ccnc2c1[C@@H](C(F)(F)F)CCC2)C[C@H]1Cc2ccccc2C12CCC(Nc1cccc(Cl)c1)(C(=O)O)CC2. The van der Waals surface area contributed by atoms with Crippen LogP contribution in [0.5, 0.6) is 5.75 Å². The first-order valence-corrected chi connectivity index (χ1v) is 15.9. The van der Waals surface area contributed by atoms with Gasteiger partial charge in [-0.25, -0.2) is 4.79 Å². The summed E-state index contributed by atoms with van der Waals surface area (Å²) in [5.41, 5.74) is 2.72. The third-order valence-corrected chi connectivity index (χ3v) is 10.5. The quantitative estimate of drug-likeness (QED) is 0.262. The molecule has 1 fully saturated rings. The zero-order valence-corrected chi connectivity index (χ0v) is 25.6. The number of carboxylic acids is 1. The molecule has 1 saturated carbocycles. The number of rotatable bonds is 8. The second-order valence-corrected chi connectivity index (χ2v) is 13.5. The van der Waals surface area contributed by atoms with Gasteiger partial charge in [-0.3, -0.25) is 4.98 Å². The fourth-order valence-electron chi connectivity index (χ4n) is 8.13. The predicted molar refractivity (Wildman–Crippen MR) is 164 cm³/mol. The average Bonchev–Trinajstić information content (AvgIpc) is 3.28. The van der Waals surface area contributed by atoms with Gasteiger partial charge in [0.1, 0.15) is 11.3 Å². The molecule has 234 valence electrons. The van der Waals surface area contributed by atoms with Gasteiger partial charge in [-0.1, -0.05) is 48.9 Å². The Morgan fingerprint density at radius 2 is 1.91 bits per heavy atom. The van der Waals surface area contributed by atoms with Gasteiger partial charge in [-0.05, 0) is 110 Å². The summed E-state index contributed by atoms with van der Waals surface area (Å²) >= 11 is 6.19. The van der Waals surface area contributed by atoms with E-state index in [-0.39, 0.29) is 29.2 Å². The van der Waals surface area contributed by atoms with E-state index in [1.807, 2.05) is 12.1 Å². The Bertz CT molecular complexity index is 1520. The van der Waals surface area contributed by atoms with Crippen molar-refractivity contribution in [3.05, 3.63) is 88.2 Å². The highest BCUT2D eigenvalue weighted by atomic mass is 35.5. The minimum absolute atomic E-state index is 0.0565. The molecule has 3 aromatic rings. The number of nitrogens with one attached hydrogen (secondary N) is 1. The minimum Gasteiger partial charge on any atom is -0.493 e. The summed E-state index contributed by atoms with van der Waals surface area (Å²) in [5, 5.41) is 14.3.